The van der Waals surface area contributed by atoms with Crippen molar-refractivity contribution in [3.8, 4) is 0 Å². The van der Waals surface area contributed by atoms with E-state index in [9.17, 15) is 4.79 Å². The van der Waals surface area contributed by atoms with Gasteiger partial charge in [-0.05, 0) is 33.5 Å². The van der Waals surface area contributed by atoms with Crippen molar-refractivity contribution in [2.45, 2.75) is 64.7 Å². The molecule has 0 aromatic heterocycles. The average Bonchev–Trinajstić information content (AvgIpc) is 2.31. The highest BCUT2D eigenvalue weighted by Gasteiger charge is 2.16. The first kappa shape index (κ1) is 17.4. The van der Waals surface area contributed by atoms with Gasteiger partial charge in [0.1, 0.15) is 0 Å². The first-order chi connectivity index (χ1) is 8.57. The summed E-state index contributed by atoms with van der Waals surface area (Å²) in [5.41, 5.74) is 0. The predicted octanol–water partition coefficient (Wildman–Crippen LogP) is 3.78. The van der Waals surface area contributed by atoms with Gasteiger partial charge in [-0.15, -0.1) is 0 Å². The van der Waals surface area contributed by atoms with E-state index in [0.29, 0.717) is 0 Å². The molecule has 0 aliphatic carbocycles. The Balaban J connectivity index is 3.55. The van der Waals surface area contributed by atoms with E-state index in [-0.39, 0.29) is 5.92 Å². The molecular weight excluding hydrogens is 226 g/mol. The van der Waals surface area contributed by atoms with Crippen LogP contribution in [0.3, 0.4) is 0 Å². The van der Waals surface area contributed by atoms with Crippen molar-refractivity contribution in [3.63, 3.8) is 0 Å². The Morgan fingerprint density at radius 1 is 1.00 bits per heavy atom. The number of aliphatic carboxylic acids is 1. The standard InChI is InChI=1S/C15H31NO2/c1-4-5-6-7-8-9-10-11-14(15(17)18)12-13-16(2)3/h14H,4-13H2,1-3H3,(H,17,18). The van der Waals surface area contributed by atoms with Crippen LogP contribution in [-0.2, 0) is 4.79 Å². The van der Waals surface area contributed by atoms with Gasteiger partial charge in [-0.25, -0.2) is 0 Å². The average molecular weight is 257 g/mol. The van der Waals surface area contributed by atoms with Crippen LogP contribution < -0.4 is 0 Å². The fraction of sp³-hybridized carbons (Fsp3) is 0.933. The zero-order chi connectivity index (χ0) is 13.8. The van der Waals surface area contributed by atoms with E-state index >= 15 is 0 Å². The first-order valence-corrected chi connectivity index (χ1v) is 7.45. The molecule has 1 atom stereocenters. The van der Waals surface area contributed by atoms with Gasteiger partial charge in [0.15, 0.2) is 0 Å². The monoisotopic (exact) mass is 257 g/mol. The lowest BCUT2D eigenvalue weighted by Crippen LogP contribution is -2.21. The second kappa shape index (κ2) is 11.5. The number of carboxylic acids is 1. The normalized spacial score (nSPS) is 12.9. The minimum absolute atomic E-state index is 0.150. The van der Waals surface area contributed by atoms with Gasteiger partial charge in [0.25, 0.3) is 0 Å². The van der Waals surface area contributed by atoms with Crippen molar-refractivity contribution in [2.75, 3.05) is 20.6 Å². The van der Waals surface area contributed by atoms with Gasteiger partial charge in [-0.3, -0.25) is 4.79 Å². The number of unbranched alkanes of at least 4 members (excludes halogenated alkanes) is 6. The molecule has 0 aliphatic heterocycles. The molecule has 0 aliphatic rings. The summed E-state index contributed by atoms with van der Waals surface area (Å²) in [7, 11) is 3.99. The van der Waals surface area contributed by atoms with Gasteiger partial charge >= 0.3 is 5.97 Å². The fourth-order valence-electron chi connectivity index (χ4n) is 2.15. The van der Waals surface area contributed by atoms with E-state index in [4.69, 9.17) is 5.11 Å². The van der Waals surface area contributed by atoms with E-state index in [1.807, 2.05) is 14.1 Å². The summed E-state index contributed by atoms with van der Waals surface area (Å²) < 4.78 is 0. The molecule has 3 nitrogen and oxygen atoms in total. The van der Waals surface area contributed by atoms with Crippen molar-refractivity contribution in [2.24, 2.45) is 5.92 Å². The zero-order valence-corrected chi connectivity index (χ0v) is 12.5. The summed E-state index contributed by atoms with van der Waals surface area (Å²) in [5, 5.41) is 9.14. The van der Waals surface area contributed by atoms with Crippen molar-refractivity contribution >= 4 is 5.97 Å². The molecule has 0 radical (unpaired) electrons. The smallest absolute Gasteiger partial charge is 0.306 e. The maximum Gasteiger partial charge on any atom is 0.306 e. The lowest BCUT2D eigenvalue weighted by Gasteiger charge is -2.15. The Hall–Kier alpha value is -0.570. The molecule has 0 fully saturated rings. The summed E-state index contributed by atoms with van der Waals surface area (Å²) in [6.07, 6.45) is 10.4. The van der Waals surface area contributed by atoms with Crippen molar-refractivity contribution < 1.29 is 9.90 Å². The number of rotatable bonds is 12. The minimum Gasteiger partial charge on any atom is -0.481 e. The van der Waals surface area contributed by atoms with Crippen molar-refractivity contribution in [1.82, 2.24) is 4.90 Å². The van der Waals surface area contributed by atoms with Gasteiger partial charge in [0, 0.05) is 0 Å². The van der Waals surface area contributed by atoms with Crippen LogP contribution in [0.15, 0.2) is 0 Å². The van der Waals surface area contributed by atoms with E-state index in [1.165, 1.54) is 38.5 Å². The second-order valence-corrected chi connectivity index (χ2v) is 5.54. The Kier molecular flexibility index (Phi) is 11.2. The summed E-state index contributed by atoms with van der Waals surface area (Å²) in [6.45, 7) is 3.09. The lowest BCUT2D eigenvalue weighted by molar-refractivity contribution is -0.142. The number of hydrogen-bond donors (Lipinski definition) is 1. The summed E-state index contributed by atoms with van der Waals surface area (Å²) >= 11 is 0. The molecule has 0 spiro atoms. The molecule has 1 unspecified atom stereocenters. The topological polar surface area (TPSA) is 40.5 Å². The lowest BCUT2D eigenvalue weighted by atomic mass is 9.97. The quantitative estimate of drug-likeness (QED) is 0.541. The van der Waals surface area contributed by atoms with E-state index in [2.05, 4.69) is 11.8 Å². The number of carbonyl (C=O) groups is 1. The highest BCUT2D eigenvalue weighted by atomic mass is 16.4. The molecule has 1 N–H and O–H groups in total. The first-order valence-electron chi connectivity index (χ1n) is 7.45. The van der Waals surface area contributed by atoms with Crippen LogP contribution in [0, 0.1) is 5.92 Å². The molecule has 0 aromatic carbocycles. The van der Waals surface area contributed by atoms with Crippen LogP contribution >= 0.6 is 0 Å². The Labute approximate surface area is 113 Å². The van der Waals surface area contributed by atoms with Crippen molar-refractivity contribution in [3.05, 3.63) is 0 Å². The van der Waals surface area contributed by atoms with Gasteiger partial charge in [0.2, 0.25) is 0 Å². The van der Waals surface area contributed by atoms with E-state index < -0.39 is 5.97 Å². The SMILES string of the molecule is CCCCCCCCCC(CCN(C)C)C(=O)O. The van der Waals surface area contributed by atoms with Crippen LogP contribution in [-0.4, -0.2) is 36.6 Å². The van der Waals surface area contributed by atoms with Crippen LogP contribution in [0.4, 0.5) is 0 Å². The maximum absolute atomic E-state index is 11.1. The number of hydrogen-bond acceptors (Lipinski definition) is 2. The van der Waals surface area contributed by atoms with Gasteiger partial charge in [0.05, 0.1) is 5.92 Å². The molecule has 0 amide bonds. The fourth-order valence-corrected chi connectivity index (χ4v) is 2.15. The van der Waals surface area contributed by atoms with Gasteiger partial charge < -0.3 is 10.0 Å². The van der Waals surface area contributed by atoms with Gasteiger partial charge in [-0.2, -0.15) is 0 Å². The number of carboxylic acid groups (broad SMARTS) is 1. The molecule has 3 heteroatoms. The summed E-state index contributed by atoms with van der Waals surface area (Å²) in [5.74, 6) is -0.772. The Morgan fingerprint density at radius 3 is 2.06 bits per heavy atom. The van der Waals surface area contributed by atoms with E-state index in [0.717, 1.165) is 25.8 Å². The Bertz CT molecular complexity index is 205. The minimum atomic E-state index is -0.622. The summed E-state index contributed by atoms with van der Waals surface area (Å²) in [6, 6.07) is 0. The summed E-state index contributed by atoms with van der Waals surface area (Å²) in [4.78, 5) is 13.2. The van der Waals surface area contributed by atoms with E-state index in [1.54, 1.807) is 0 Å². The molecule has 18 heavy (non-hydrogen) atoms. The molecule has 108 valence electrons. The van der Waals surface area contributed by atoms with Crippen LogP contribution in [0.25, 0.3) is 0 Å². The van der Waals surface area contributed by atoms with Crippen LogP contribution in [0.5, 0.6) is 0 Å². The largest absolute Gasteiger partial charge is 0.481 e. The second-order valence-electron chi connectivity index (χ2n) is 5.54. The Morgan fingerprint density at radius 2 is 1.56 bits per heavy atom. The van der Waals surface area contributed by atoms with Crippen LogP contribution in [0.2, 0.25) is 0 Å². The third-order valence-electron chi connectivity index (χ3n) is 3.43. The molecule has 0 bridgehead atoms. The molecule has 0 saturated carbocycles. The predicted molar refractivity (Wildman–Crippen MR) is 76.9 cm³/mol. The maximum atomic E-state index is 11.1. The third-order valence-corrected chi connectivity index (χ3v) is 3.43. The van der Waals surface area contributed by atoms with Gasteiger partial charge in [-0.1, -0.05) is 51.9 Å². The van der Waals surface area contributed by atoms with Crippen molar-refractivity contribution in [1.29, 1.82) is 0 Å². The zero-order valence-electron chi connectivity index (χ0n) is 12.5. The molecule has 0 aromatic rings. The highest BCUT2D eigenvalue weighted by Crippen LogP contribution is 2.16. The van der Waals surface area contributed by atoms with Crippen LogP contribution in [0.1, 0.15) is 64.7 Å². The third kappa shape index (κ3) is 10.6. The number of nitrogens with zero attached hydrogens (tertiary/aromatic N) is 1. The molecule has 0 heterocycles. The highest BCUT2D eigenvalue weighted by molar-refractivity contribution is 5.69. The molecular formula is C15H31NO2. The molecule has 0 saturated heterocycles. The molecule has 0 rings (SSSR count).